The maximum absolute atomic E-state index is 13.1. The first kappa shape index (κ1) is 29.0. The van der Waals surface area contributed by atoms with E-state index in [0.29, 0.717) is 22.5 Å². The second-order valence-electron chi connectivity index (χ2n) is 9.10. The van der Waals surface area contributed by atoms with Crippen LogP contribution >= 0.6 is 11.6 Å². The fraction of sp³-hybridized carbons (Fsp3) is 0.167. The van der Waals surface area contributed by atoms with Crippen molar-refractivity contribution < 1.29 is 33.4 Å². The molecule has 0 fully saturated rings. The van der Waals surface area contributed by atoms with Crippen LogP contribution in [0.5, 0.6) is 0 Å². The Balaban J connectivity index is 1.44. The molecule has 0 saturated heterocycles. The zero-order valence-corrected chi connectivity index (χ0v) is 23.2. The molecule has 210 valence electrons. The molecule has 2 N–H and O–H groups in total. The Labute approximate surface area is 240 Å². The smallest absolute Gasteiger partial charge is 0.338 e. The van der Waals surface area contributed by atoms with Gasteiger partial charge in [-0.15, -0.1) is 0 Å². The van der Waals surface area contributed by atoms with Crippen molar-refractivity contribution in [1.82, 2.24) is 0 Å². The maximum Gasteiger partial charge on any atom is 0.338 e. The van der Waals surface area contributed by atoms with E-state index < -0.39 is 29.7 Å². The summed E-state index contributed by atoms with van der Waals surface area (Å²) in [6.45, 7) is 5.34. The molecule has 0 spiro atoms. The van der Waals surface area contributed by atoms with Crippen LogP contribution in [0.3, 0.4) is 0 Å². The van der Waals surface area contributed by atoms with Gasteiger partial charge < -0.3 is 20.1 Å². The van der Waals surface area contributed by atoms with Crippen molar-refractivity contribution in [2.24, 2.45) is 0 Å². The number of imide groups is 1. The van der Waals surface area contributed by atoms with E-state index in [4.69, 9.17) is 21.1 Å². The van der Waals surface area contributed by atoms with Gasteiger partial charge in [-0.25, -0.2) is 14.5 Å². The molecule has 10 nitrogen and oxygen atoms in total. The second kappa shape index (κ2) is 12.5. The number of carbonyl (C=O) groups excluding carboxylic acids is 5. The molecule has 0 bridgehead atoms. The van der Waals surface area contributed by atoms with Crippen LogP contribution in [0.1, 0.15) is 51.8 Å². The van der Waals surface area contributed by atoms with Crippen molar-refractivity contribution in [3.05, 3.63) is 100 Å². The van der Waals surface area contributed by atoms with Gasteiger partial charge in [-0.1, -0.05) is 23.7 Å². The number of hydrogen-bond donors (Lipinski definition) is 2. The number of nitrogens with zero attached hydrogens (tertiary/aromatic N) is 1. The van der Waals surface area contributed by atoms with Crippen LogP contribution in [0.25, 0.3) is 0 Å². The summed E-state index contributed by atoms with van der Waals surface area (Å²) in [6, 6.07) is 18.4. The van der Waals surface area contributed by atoms with Crippen molar-refractivity contribution in [3.8, 4) is 0 Å². The van der Waals surface area contributed by atoms with E-state index in [1.807, 2.05) is 0 Å². The van der Waals surface area contributed by atoms with Gasteiger partial charge in [-0.05, 0) is 81.4 Å². The first-order valence-electron chi connectivity index (χ1n) is 12.6. The lowest BCUT2D eigenvalue weighted by molar-refractivity contribution is -0.120. The Morgan fingerprint density at radius 2 is 1.49 bits per heavy atom. The number of hydrogen-bond acceptors (Lipinski definition) is 8. The van der Waals surface area contributed by atoms with Crippen LogP contribution in [0.15, 0.2) is 83.5 Å². The van der Waals surface area contributed by atoms with Crippen LogP contribution in [0, 0.1) is 0 Å². The quantitative estimate of drug-likeness (QED) is 0.266. The number of carbonyl (C=O) groups is 5. The van der Waals surface area contributed by atoms with Gasteiger partial charge in [-0.3, -0.25) is 14.4 Å². The monoisotopic (exact) mass is 575 g/mol. The normalized spacial score (nSPS) is 13.0. The fourth-order valence-electron chi connectivity index (χ4n) is 3.89. The summed E-state index contributed by atoms with van der Waals surface area (Å²) in [4.78, 5) is 63.9. The molecular weight excluding hydrogens is 550 g/mol. The van der Waals surface area contributed by atoms with E-state index in [1.54, 1.807) is 51.1 Å². The molecule has 0 aliphatic carbocycles. The van der Waals surface area contributed by atoms with Crippen molar-refractivity contribution in [2.75, 3.05) is 22.1 Å². The standard InChI is InChI=1S/C30H26ClN3O7/c1-4-40-29(38)20-8-6-10-23(16-20)34-27(36)24(31)25(28(34)37)32-21-13-11-18(12-14-21)26(35)33-22-9-5-7-19(15-22)30(39)41-17(2)3/h5-17,32H,4H2,1-3H3,(H,33,35). The van der Waals surface area contributed by atoms with E-state index in [9.17, 15) is 24.0 Å². The molecule has 0 unspecified atom stereocenters. The largest absolute Gasteiger partial charge is 0.462 e. The highest BCUT2D eigenvalue weighted by molar-refractivity contribution is 6.53. The number of anilines is 3. The molecule has 3 amide bonds. The van der Waals surface area contributed by atoms with Gasteiger partial charge >= 0.3 is 11.9 Å². The molecule has 0 saturated carbocycles. The second-order valence-corrected chi connectivity index (χ2v) is 9.47. The Bertz CT molecular complexity index is 1560. The summed E-state index contributed by atoms with van der Waals surface area (Å²) in [6.07, 6.45) is -0.276. The van der Waals surface area contributed by atoms with Crippen molar-refractivity contribution in [3.63, 3.8) is 0 Å². The van der Waals surface area contributed by atoms with Crippen LogP contribution in [-0.2, 0) is 19.1 Å². The molecule has 11 heteroatoms. The van der Waals surface area contributed by atoms with E-state index in [-0.39, 0.29) is 34.7 Å². The summed E-state index contributed by atoms with van der Waals surface area (Å²) < 4.78 is 10.2. The first-order chi connectivity index (χ1) is 19.6. The van der Waals surface area contributed by atoms with Crippen molar-refractivity contribution in [1.29, 1.82) is 0 Å². The zero-order valence-electron chi connectivity index (χ0n) is 22.4. The SMILES string of the molecule is CCOC(=O)c1cccc(N2C(=O)C(Cl)=C(Nc3ccc(C(=O)Nc4cccc(C(=O)OC(C)C)c4)cc3)C2=O)c1. The minimum atomic E-state index is -0.754. The Kier molecular flexibility index (Phi) is 8.84. The average Bonchev–Trinajstić information content (AvgIpc) is 3.16. The lowest BCUT2D eigenvalue weighted by Crippen LogP contribution is -2.32. The summed E-state index contributed by atoms with van der Waals surface area (Å²) in [5, 5.41) is 5.24. The summed E-state index contributed by atoms with van der Waals surface area (Å²) >= 11 is 6.22. The van der Waals surface area contributed by atoms with E-state index in [2.05, 4.69) is 10.6 Å². The Morgan fingerprint density at radius 3 is 2.15 bits per heavy atom. The summed E-state index contributed by atoms with van der Waals surface area (Å²) in [7, 11) is 0. The third-order valence-corrected chi connectivity index (χ3v) is 6.11. The number of esters is 2. The molecule has 0 aromatic heterocycles. The van der Waals surface area contributed by atoms with Gasteiger partial charge in [-0.2, -0.15) is 0 Å². The fourth-order valence-corrected chi connectivity index (χ4v) is 4.10. The zero-order chi connectivity index (χ0) is 29.7. The summed E-state index contributed by atoms with van der Waals surface area (Å²) in [5.41, 5.74) is 1.61. The van der Waals surface area contributed by atoms with E-state index in [1.165, 1.54) is 42.5 Å². The molecule has 0 atom stereocenters. The molecule has 1 heterocycles. The van der Waals surface area contributed by atoms with Crippen molar-refractivity contribution >= 4 is 58.3 Å². The number of rotatable bonds is 9. The Morgan fingerprint density at radius 1 is 0.829 bits per heavy atom. The highest BCUT2D eigenvalue weighted by Gasteiger charge is 2.39. The third kappa shape index (κ3) is 6.62. The predicted octanol–water partition coefficient (Wildman–Crippen LogP) is 5.12. The lowest BCUT2D eigenvalue weighted by atomic mass is 10.1. The molecule has 1 aliphatic rings. The highest BCUT2D eigenvalue weighted by Crippen LogP contribution is 2.31. The van der Waals surface area contributed by atoms with Crippen LogP contribution < -0.4 is 15.5 Å². The van der Waals surface area contributed by atoms with Crippen LogP contribution in [0.4, 0.5) is 17.1 Å². The molecular formula is C30H26ClN3O7. The van der Waals surface area contributed by atoms with E-state index in [0.717, 1.165) is 4.90 Å². The molecule has 0 radical (unpaired) electrons. The molecule has 3 aromatic rings. The number of ether oxygens (including phenoxy) is 2. The van der Waals surface area contributed by atoms with Crippen LogP contribution in [-0.4, -0.2) is 42.4 Å². The number of amides is 3. The van der Waals surface area contributed by atoms with Gasteiger partial charge in [0.1, 0.15) is 10.7 Å². The number of benzene rings is 3. The van der Waals surface area contributed by atoms with Crippen LogP contribution in [0.2, 0.25) is 0 Å². The molecule has 1 aliphatic heterocycles. The van der Waals surface area contributed by atoms with Gasteiger partial charge in [0.15, 0.2) is 0 Å². The third-order valence-electron chi connectivity index (χ3n) is 5.76. The molecule has 41 heavy (non-hydrogen) atoms. The highest BCUT2D eigenvalue weighted by atomic mass is 35.5. The first-order valence-corrected chi connectivity index (χ1v) is 13.0. The summed E-state index contributed by atoms with van der Waals surface area (Å²) in [5.74, 6) is -2.97. The predicted molar refractivity (Wildman–Crippen MR) is 153 cm³/mol. The average molecular weight is 576 g/mol. The molecule has 4 rings (SSSR count). The minimum Gasteiger partial charge on any atom is -0.462 e. The minimum absolute atomic E-state index is 0.152. The maximum atomic E-state index is 13.1. The number of halogens is 1. The topological polar surface area (TPSA) is 131 Å². The van der Waals surface area contributed by atoms with Gasteiger partial charge in [0.25, 0.3) is 17.7 Å². The van der Waals surface area contributed by atoms with E-state index >= 15 is 0 Å². The van der Waals surface area contributed by atoms with Gasteiger partial charge in [0.05, 0.1) is 29.5 Å². The van der Waals surface area contributed by atoms with Crippen molar-refractivity contribution in [2.45, 2.75) is 26.9 Å². The Hall–Kier alpha value is -4.96. The van der Waals surface area contributed by atoms with Gasteiger partial charge in [0.2, 0.25) is 0 Å². The number of nitrogens with one attached hydrogen (secondary N) is 2. The van der Waals surface area contributed by atoms with Gasteiger partial charge in [0, 0.05) is 16.9 Å². The lowest BCUT2D eigenvalue weighted by Gasteiger charge is -2.16. The molecule has 3 aromatic carbocycles.